The number of benzene rings is 1. The quantitative estimate of drug-likeness (QED) is 0.687. The van der Waals surface area contributed by atoms with E-state index in [9.17, 15) is 4.79 Å². The van der Waals surface area contributed by atoms with Gasteiger partial charge in [-0.05, 0) is 47.9 Å². The molecule has 0 unspecified atom stereocenters. The molecule has 1 nitrogen and oxygen atoms in total. The molecule has 0 fully saturated rings. The lowest BCUT2D eigenvalue weighted by molar-refractivity contribution is 0.0987. The van der Waals surface area contributed by atoms with E-state index in [0.717, 1.165) is 17.5 Å². The van der Waals surface area contributed by atoms with Crippen molar-refractivity contribution in [2.45, 2.75) is 52.4 Å². The molecule has 0 bridgehead atoms. The molecular weight excluding hydrogens is 196 g/mol. The van der Waals surface area contributed by atoms with Gasteiger partial charge in [0.1, 0.15) is 0 Å². The van der Waals surface area contributed by atoms with Crippen molar-refractivity contribution in [1.82, 2.24) is 0 Å². The number of fused-ring (bicyclic) bond motifs is 1. The minimum atomic E-state index is 0.269. The summed E-state index contributed by atoms with van der Waals surface area (Å²) in [4.78, 5) is 11.8. The van der Waals surface area contributed by atoms with Crippen LogP contribution in [-0.4, -0.2) is 5.78 Å². The molecule has 0 radical (unpaired) electrons. The molecule has 0 atom stereocenters. The summed E-state index contributed by atoms with van der Waals surface area (Å²) in [5.41, 5.74) is 5.18. The first-order valence-electron chi connectivity index (χ1n) is 6.13. The largest absolute Gasteiger partial charge is 0.294 e. The van der Waals surface area contributed by atoms with Crippen molar-refractivity contribution in [3.05, 3.63) is 34.4 Å². The van der Waals surface area contributed by atoms with Gasteiger partial charge in [-0.2, -0.15) is 0 Å². The molecule has 1 aromatic rings. The molecule has 0 amide bonds. The van der Waals surface area contributed by atoms with E-state index in [0.29, 0.717) is 6.42 Å². The van der Waals surface area contributed by atoms with Gasteiger partial charge in [-0.1, -0.05) is 26.8 Å². The average Bonchev–Trinajstić information content (AvgIpc) is 2.53. The smallest absolute Gasteiger partial charge is 0.162 e. The number of Topliss-reactive ketones (excluding diaryl/α,β-unsaturated/α-hetero) is 1. The SMILES string of the molecule is CCC(=O)c1cc2c(cc1C)C(C)(C)CC2. The molecule has 16 heavy (non-hydrogen) atoms. The highest BCUT2D eigenvalue weighted by Crippen LogP contribution is 2.39. The van der Waals surface area contributed by atoms with Crippen LogP contribution in [0.1, 0.15) is 60.7 Å². The Morgan fingerprint density at radius 3 is 2.69 bits per heavy atom. The maximum Gasteiger partial charge on any atom is 0.162 e. The van der Waals surface area contributed by atoms with E-state index in [1.165, 1.54) is 17.5 Å². The van der Waals surface area contributed by atoms with E-state index in [-0.39, 0.29) is 11.2 Å². The first kappa shape index (κ1) is 11.4. The normalized spacial score (nSPS) is 17.2. The maximum absolute atomic E-state index is 11.8. The Balaban J connectivity index is 2.53. The summed E-state index contributed by atoms with van der Waals surface area (Å²) < 4.78 is 0. The van der Waals surface area contributed by atoms with Gasteiger partial charge >= 0.3 is 0 Å². The number of rotatable bonds is 2. The Hall–Kier alpha value is -1.11. The summed E-state index contributed by atoms with van der Waals surface area (Å²) in [7, 11) is 0. The van der Waals surface area contributed by atoms with E-state index < -0.39 is 0 Å². The standard InChI is InChI=1S/C15H20O/c1-5-14(16)12-9-11-6-7-15(3,4)13(11)8-10(12)2/h8-9H,5-7H2,1-4H3. The molecule has 0 aromatic heterocycles. The molecule has 1 aliphatic rings. The zero-order chi connectivity index (χ0) is 11.9. The summed E-state index contributed by atoms with van der Waals surface area (Å²) in [6.45, 7) is 8.57. The van der Waals surface area contributed by atoms with Gasteiger partial charge < -0.3 is 0 Å². The van der Waals surface area contributed by atoms with Crippen molar-refractivity contribution < 1.29 is 4.79 Å². The van der Waals surface area contributed by atoms with Crippen molar-refractivity contribution in [3.8, 4) is 0 Å². The molecule has 0 aliphatic heterocycles. The zero-order valence-electron chi connectivity index (χ0n) is 10.7. The molecule has 1 aromatic carbocycles. The van der Waals surface area contributed by atoms with Crippen molar-refractivity contribution in [2.75, 3.05) is 0 Å². The Bertz CT molecular complexity index is 441. The summed E-state index contributed by atoms with van der Waals surface area (Å²) in [5.74, 6) is 0.269. The van der Waals surface area contributed by atoms with Gasteiger partial charge in [-0.15, -0.1) is 0 Å². The molecule has 0 spiro atoms. The van der Waals surface area contributed by atoms with E-state index >= 15 is 0 Å². The second kappa shape index (κ2) is 3.73. The average molecular weight is 216 g/mol. The topological polar surface area (TPSA) is 17.1 Å². The molecule has 0 saturated heterocycles. The van der Waals surface area contributed by atoms with Gasteiger partial charge in [0.25, 0.3) is 0 Å². The van der Waals surface area contributed by atoms with Crippen LogP contribution in [0.3, 0.4) is 0 Å². The highest BCUT2D eigenvalue weighted by atomic mass is 16.1. The number of ketones is 1. The fourth-order valence-corrected chi connectivity index (χ4v) is 2.66. The zero-order valence-corrected chi connectivity index (χ0v) is 10.7. The number of carbonyl (C=O) groups excluding carboxylic acids is 1. The summed E-state index contributed by atoms with van der Waals surface area (Å²) in [5, 5.41) is 0. The van der Waals surface area contributed by atoms with Crippen molar-refractivity contribution in [1.29, 1.82) is 0 Å². The van der Waals surface area contributed by atoms with Crippen LogP contribution in [0.4, 0.5) is 0 Å². The lowest BCUT2D eigenvalue weighted by atomic mass is 9.85. The third kappa shape index (κ3) is 1.68. The molecule has 86 valence electrons. The molecule has 1 aliphatic carbocycles. The van der Waals surface area contributed by atoms with Gasteiger partial charge in [0, 0.05) is 12.0 Å². The third-order valence-electron chi connectivity index (χ3n) is 3.82. The molecule has 0 saturated carbocycles. The van der Waals surface area contributed by atoms with E-state index in [1.54, 1.807) is 0 Å². The minimum absolute atomic E-state index is 0.269. The lowest BCUT2D eigenvalue weighted by Crippen LogP contribution is -2.12. The number of hydrogen-bond acceptors (Lipinski definition) is 1. The maximum atomic E-state index is 11.8. The van der Waals surface area contributed by atoms with Crippen molar-refractivity contribution >= 4 is 5.78 Å². The summed E-state index contributed by atoms with van der Waals surface area (Å²) >= 11 is 0. The fourth-order valence-electron chi connectivity index (χ4n) is 2.66. The van der Waals surface area contributed by atoms with Gasteiger partial charge in [-0.25, -0.2) is 0 Å². The monoisotopic (exact) mass is 216 g/mol. The summed E-state index contributed by atoms with van der Waals surface area (Å²) in [6, 6.07) is 4.36. The fraction of sp³-hybridized carbons (Fsp3) is 0.533. The van der Waals surface area contributed by atoms with Crippen LogP contribution in [0.25, 0.3) is 0 Å². The van der Waals surface area contributed by atoms with E-state index in [4.69, 9.17) is 0 Å². The molecule has 2 rings (SSSR count). The van der Waals surface area contributed by atoms with E-state index in [1.807, 2.05) is 6.92 Å². The second-order valence-electron chi connectivity index (χ2n) is 5.48. The number of carbonyl (C=O) groups is 1. The number of hydrogen-bond donors (Lipinski definition) is 0. The summed E-state index contributed by atoms with van der Waals surface area (Å²) in [6.07, 6.45) is 2.92. The number of aryl methyl sites for hydroxylation is 2. The Kier molecular flexibility index (Phi) is 2.65. The van der Waals surface area contributed by atoms with E-state index in [2.05, 4.69) is 32.9 Å². The first-order valence-corrected chi connectivity index (χ1v) is 6.13. The highest BCUT2D eigenvalue weighted by molar-refractivity contribution is 5.97. The van der Waals surface area contributed by atoms with Crippen molar-refractivity contribution in [3.63, 3.8) is 0 Å². The van der Waals surface area contributed by atoms with Crippen molar-refractivity contribution in [2.24, 2.45) is 0 Å². The van der Waals surface area contributed by atoms with Gasteiger partial charge in [0.2, 0.25) is 0 Å². The Morgan fingerprint density at radius 2 is 2.06 bits per heavy atom. The molecular formula is C15H20O. The lowest BCUT2D eigenvalue weighted by Gasteiger charge is -2.20. The van der Waals surface area contributed by atoms with Crippen LogP contribution in [0.15, 0.2) is 12.1 Å². The minimum Gasteiger partial charge on any atom is -0.294 e. The molecule has 1 heteroatoms. The van der Waals surface area contributed by atoms with Gasteiger partial charge in [0.15, 0.2) is 5.78 Å². The highest BCUT2D eigenvalue weighted by Gasteiger charge is 2.30. The first-order chi connectivity index (χ1) is 7.45. The second-order valence-corrected chi connectivity index (χ2v) is 5.48. The molecule has 0 N–H and O–H groups in total. The van der Waals surface area contributed by atoms with Gasteiger partial charge in [0.05, 0.1) is 0 Å². The predicted octanol–water partition coefficient (Wildman–Crippen LogP) is 3.81. The Labute approximate surface area is 97.9 Å². The van der Waals surface area contributed by atoms with Crippen LogP contribution < -0.4 is 0 Å². The van der Waals surface area contributed by atoms with Crippen LogP contribution in [0, 0.1) is 6.92 Å². The van der Waals surface area contributed by atoms with Crippen LogP contribution in [-0.2, 0) is 11.8 Å². The van der Waals surface area contributed by atoms with Gasteiger partial charge in [-0.3, -0.25) is 4.79 Å². The third-order valence-corrected chi connectivity index (χ3v) is 3.82. The Morgan fingerprint density at radius 1 is 1.38 bits per heavy atom. The van der Waals surface area contributed by atoms with Crippen LogP contribution in [0.5, 0.6) is 0 Å². The molecule has 0 heterocycles. The predicted molar refractivity (Wildman–Crippen MR) is 67.1 cm³/mol. The van der Waals surface area contributed by atoms with Crippen LogP contribution in [0.2, 0.25) is 0 Å². The van der Waals surface area contributed by atoms with Crippen LogP contribution >= 0.6 is 0 Å².